The number of nitrogens with one attached hydrogen (secondary N) is 1. The molecule has 0 fully saturated rings. The van der Waals surface area contributed by atoms with E-state index in [-0.39, 0.29) is 40.9 Å². The first-order chi connectivity index (χ1) is 11.6. The lowest BCUT2D eigenvalue weighted by molar-refractivity contribution is -0.383. The van der Waals surface area contributed by atoms with E-state index in [0.29, 0.717) is 10.9 Å². The molecule has 148 valence electrons. The molecule has 9 heteroatoms. The second kappa shape index (κ2) is 10.8. The minimum absolute atomic E-state index is 0. The van der Waals surface area contributed by atoms with Crippen LogP contribution in [0.5, 0.6) is 0 Å². The normalized spacial score (nSPS) is 10.0. The summed E-state index contributed by atoms with van der Waals surface area (Å²) in [5, 5.41) is 16.4. The minimum Gasteiger partial charge on any atom is -0.412 e. The van der Waals surface area contributed by atoms with E-state index in [4.69, 9.17) is 0 Å². The van der Waals surface area contributed by atoms with Crippen LogP contribution in [0.2, 0.25) is 0 Å². The van der Waals surface area contributed by atoms with Gasteiger partial charge in [0.15, 0.2) is 0 Å². The molecule has 0 atom stereocenters. The van der Waals surface area contributed by atoms with Crippen LogP contribution in [-0.4, -0.2) is 47.5 Å². The maximum Gasteiger partial charge on any atom is 0.280 e. The summed E-state index contributed by atoms with van der Waals surface area (Å²) in [6.45, 7) is 1.70. The van der Waals surface area contributed by atoms with Crippen LogP contribution < -0.4 is 5.32 Å². The number of nitro benzene ring substituents is 1. The summed E-state index contributed by atoms with van der Waals surface area (Å²) < 4.78 is 0. The number of hydrogen-bond donors (Lipinski definition) is 1. The quantitative estimate of drug-likeness (QED) is 0.286. The zero-order chi connectivity index (χ0) is 17.1. The number of rotatable bonds is 6. The summed E-state index contributed by atoms with van der Waals surface area (Å²) in [6.07, 6.45) is 0.950. The van der Waals surface area contributed by atoms with Gasteiger partial charge in [-0.15, -0.1) is 24.8 Å². The molecule has 1 aromatic heterocycles. The third-order valence-electron chi connectivity index (χ3n) is 3.97. The number of fused-ring (bicyclic) bond motifs is 2. The van der Waals surface area contributed by atoms with Crippen LogP contribution in [0.1, 0.15) is 6.42 Å². The highest BCUT2D eigenvalue weighted by Gasteiger charge is 2.18. The zero-order valence-corrected chi connectivity index (χ0v) is 16.8. The maximum atomic E-state index is 11.5. The van der Waals surface area contributed by atoms with Crippen molar-refractivity contribution in [2.45, 2.75) is 6.42 Å². The largest absolute Gasteiger partial charge is 0.412 e. The molecule has 0 radical (unpaired) electrons. The van der Waals surface area contributed by atoms with E-state index in [1.54, 1.807) is 6.07 Å². The Bertz CT molecular complexity index is 906. The Balaban J connectivity index is 0.00000225. The van der Waals surface area contributed by atoms with Crippen LogP contribution in [0.4, 0.5) is 11.4 Å². The summed E-state index contributed by atoms with van der Waals surface area (Å²) >= 11 is 0. The van der Waals surface area contributed by atoms with Crippen LogP contribution >= 0.6 is 24.8 Å². The van der Waals surface area contributed by atoms with Crippen LogP contribution in [0.3, 0.4) is 0 Å². The van der Waals surface area contributed by atoms with Crippen molar-refractivity contribution in [3.05, 3.63) is 52.6 Å². The number of non-ortho nitro benzene ring substituents is 1. The highest BCUT2D eigenvalue weighted by Crippen LogP contribution is 2.36. The Morgan fingerprint density at radius 3 is 2.41 bits per heavy atom. The Morgan fingerprint density at radius 1 is 1.07 bits per heavy atom. The fourth-order valence-electron chi connectivity index (χ4n) is 2.87. The van der Waals surface area contributed by atoms with Gasteiger partial charge in [0.2, 0.25) is 0 Å². The number of nitro groups is 1. The van der Waals surface area contributed by atoms with Gasteiger partial charge in [-0.3, -0.25) is 10.1 Å². The zero-order valence-electron chi connectivity index (χ0n) is 15.1. The molecule has 3 N–H and O–H groups in total. The molecule has 3 rings (SSSR count). The van der Waals surface area contributed by atoms with Crippen molar-refractivity contribution >= 4 is 58.0 Å². The molecule has 0 saturated carbocycles. The molecule has 27 heavy (non-hydrogen) atoms. The summed E-state index contributed by atoms with van der Waals surface area (Å²) in [6, 6.07) is 12.8. The van der Waals surface area contributed by atoms with E-state index >= 15 is 0 Å². The molecular formula is C18H24Cl2N4O3. The Hall–Kier alpha value is -2.19. The van der Waals surface area contributed by atoms with Crippen LogP contribution in [0.15, 0.2) is 42.5 Å². The van der Waals surface area contributed by atoms with Crippen molar-refractivity contribution in [1.82, 2.24) is 9.88 Å². The van der Waals surface area contributed by atoms with Crippen molar-refractivity contribution in [2.75, 3.05) is 32.5 Å². The highest BCUT2D eigenvalue weighted by molar-refractivity contribution is 6.11. The SMILES string of the molecule is CN(C)CCCNc1c2ccccc2nc2cccc([N+](=O)[O-])c12.Cl.Cl.O. The van der Waals surface area contributed by atoms with Gasteiger partial charge >= 0.3 is 0 Å². The first kappa shape index (κ1) is 24.8. The summed E-state index contributed by atoms with van der Waals surface area (Å²) in [5.74, 6) is 0. The summed E-state index contributed by atoms with van der Waals surface area (Å²) in [7, 11) is 4.06. The lowest BCUT2D eigenvalue weighted by atomic mass is 10.1. The molecule has 0 aliphatic rings. The molecule has 0 amide bonds. The molecule has 0 bridgehead atoms. The second-order valence-electron chi connectivity index (χ2n) is 6.02. The lowest BCUT2D eigenvalue weighted by Gasteiger charge is -2.14. The van der Waals surface area contributed by atoms with Crippen LogP contribution in [0, 0.1) is 10.1 Å². The molecular weight excluding hydrogens is 391 g/mol. The summed E-state index contributed by atoms with van der Waals surface area (Å²) in [4.78, 5) is 17.8. The average Bonchev–Trinajstić information content (AvgIpc) is 2.56. The number of halogens is 2. The second-order valence-corrected chi connectivity index (χ2v) is 6.02. The van der Waals surface area contributed by atoms with Crippen molar-refractivity contribution < 1.29 is 10.4 Å². The van der Waals surface area contributed by atoms with E-state index in [1.807, 2.05) is 44.4 Å². The third kappa shape index (κ3) is 5.40. The standard InChI is InChI=1S/C18H20N4O2.2ClH.H2O/c1-21(2)12-6-11-19-18-13-7-3-4-8-14(13)20-15-9-5-10-16(17(15)18)22(23)24;;;/h3-5,7-10H,6,11-12H2,1-2H3,(H,19,20);2*1H;1H2. The van der Waals surface area contributed by atoms with E-state index in [9.17, 15) is 10.1 Å². The van der Waals surface area contributed by atoms with Crippen molar-refractivity contribution in [3.8, 4) is 0 Å². The van der Waals surface area contributed by atoms with Crippen molar-refractivity contribution in [3.63, 3.8) is 0 Å². The predicted molar refractivity (Wildman–Crippen MR) is 116 cm³/mol. The molecule has 0 spiro atoms. The molecule has 0 aliphatic heterocycles. The van der Waals surface area contributed by atoms with E-state index in [1.165, 1.54) is 6.07 Å². The number of anilines is 1. The molecule has 0 unspecified atom stereocenters. The van der Waals surface area contributed by atoms with Gasteiger partial charge < -0.3 is 15.7 Å². The van der Waals surface area contributed by atoms with Gasteiger partial charge in [-0.1, -0.05) is 24.3 Å². The fraction of sp³-hybridized carbons (Fsp3) is 0.278. The van der Waals surface area contributed by atoms with E-state index in [2.05, 4.69) is 15.2 Å². The van der Waals surface area contributed by atoms with Gasteiger partial charge in [0.25, 0.3) is 5.69 Å². The summed E-state index contributed by atoms with van der Waals surface area (Å²) in [5.41, 5.74) is 2.35. The topological polar surface area (TPSA) is 103 Å². The Morgan fingerprint density at radius 2 is 1.74 bits per heavy atom. The number of hydrogen-bond acceptors (Lipinski definition) is 5. The lowest BCUT2D eigenvalue weighted by Crippen LogP contribution is -2.16. The average molecular weight is 415 g/mol. The molecule has 0 saturated heterocycles. The van der Waals surface area contributed by atoms with Gasteiger partial charge in [-0.2, -0.15) is 0 Å². The monoisotopic (exact) mass is 414 g/mol. The molecule has 7 nitrogen and oxygen atoms in total. The Kier molecular flexibility index (Phi) is 9.96. The molecule has 3 aromatic rings. The van der Waals surface area contributed by atoms with E-state index < -0.39 is 0 Å². The van der Waals surface area contributed by atoms with Gasteiger partial charge in [0.1, 0.15) is 5.39 Å². The third-order valence-corrected chi connectivity index (χ3v) is 3.97. The number of aromatic nitrogens is 1. The van der Waals surface area contributed by atoms with Gasteiger partial charge in [-0.25, -0.2) is 4.98 Å². The first-order valence-corrected chi connectivity index (χ1v) is 7.92. The number of pyridine rings is 1. The van der Waals surface area contributed by atoms with E-state index in [0.717, 1.165) is 36.1 Å². The minimum atomic E-state index is -0.343. The Labute approximate surface area is 170 Å². The van der Waals surface area contributed by atoms with Gasteiger partial charge in [-0.05, 0) is 39.2 Å². The van der Waals surface area contributed by atoms with Gasteiger partial charge in [0.05, 0.1) is 21.6 Å². The van der Waals surface area contributed by atoms with Crippen molar-refractivity contribution in [2.24, 2.45) is 0 Å². The number of nitrogens with zero attached hydrogens (tertiary/aromatic N) is 3. The molecule has 0 aliphatic carbocycles. The number of benzene rings is 2. The highest BCUT2D eigenvalue weighted by atomic mass is 35.5. The smallest absolute Gasteiger partial charge is 0.280 e. The maximum absolute atomic E-state index is 11.5. The fourth-order valence-corrected chi connectivity index (χ4v) is 2.87. The first-order valence-electron chi connectivity index (χ1n) is 7.92. The van der Waals surface area contributed by atoms with Crippen molar-refractivity contribution in [1.29, 1.82) is 0 Å². The van der Waals surface area contributed by atoms with Crippen LogP contribution in [0.25, 0.3) is 21.8 Å². The number of para-hydroxylation sites is 1. The molecule has 1 heterocycles. The predicted octanol–water partition coefficient (Wildman–Crippen LogP) is 3.68. The molecule has 2 aromatic carbocycles. The van der Waals surface area contributed by atoms with Crippen LogP contribution in [-0.2, 0) is 0 Å². The van der Waals surface area contributed by atoms with Gasteiger partial charge in [0, 0.05) is 18.0 Å².